The van der Waals surface area contributed by atoms with E-state index in [1.165, 1.54) is 0 Å². The van der Waals surface area contributed by atoms with Crippen molar-refractivity contribution >= 4 is 45.1 Å². The molecule has 7 heteroatoms. The van der Waals surface area contributed by atoms with E-state index in [-0.39, 0.29) is 18.1 Å². The van der Waals surface area contributed by atoms with Crippen LogP contribution in [-0.4, -0.2) is 17.1 Å². The van der Waals surface area contributed by atoms with Crippen LogP contribution in [0.15, 0.2) is 45.7 Å². The molecular formula is C15H15BrClN3O2. The van der Waals surface area contributed by atoms with Gasteiger partial charge in [-0.3, -0.25) is 0 Å². The number of hydrogen-bond donors (Lipinski definition) is 3. The molecule has 2 aromatic carbocycles. The van der Waals surface area contributed by atoms with E-state index in [0.717, 1.165) is 32.5 Å². The van der Waals surface area contributed by atoms with Crippen LogP contribution in [0.3, 0.4) is 0 Å². The highest BCUT2D eigenvalue weighted by Crippen LogP contribution is 2.24. The van der Waals surface area contributed by atoms with Crippen LogP contribution in [0.1, 0.15) is 5.56 Å². The average molecular weight is 385 g/mol. The van der Waals surface area contributed by atoms with E-state index >= 15 is 0 Å². The van der Waals surface area contributed by atoms with E-state index < -0.39 is 0 Å². The van der Waals surface area contributed by atoms with Gasteiger partial charge >= 0.3 is 5.69 Å². The van der Waals surface area contributed by atoms with Gasteiger partial charge in [0.2, 0.25) is 0 Å². The number of hydrogen-bond acceptors (Lipinski definition) is 3. The van der Waals surface area contributed by atoms with Gasteiger partial charge in [0.05, 0.1) is 18.1 Å². The molecule has 0 atom stereocenters. The maximum Gasteiger partial charge on any atom is 0.323 e. The average Bonchev–Trinajstić information content (AvgIpc) is 2.84. The molecule has 0 saturated carbocycles. The predicted octanol–water partition coefficient (Wildman–Crippen LogP) is 3.66. The number of anilines is 1. The van der Waals surface area contributed by atoms with Crippen LogP contribution < -0.4 is 15.7 Å². The van der Waals surface area contributed by atoms with Crippen LogP contribution >= 0.6 is 28.3 Å². The molecule has 0 radical (unpaired) electrons. The van der Waals surface area contributed by atoms with E-state index in [4.69, 9.17) is 4.74 Å². The first-order valence-electron chi connectivity index (χ1n) is 6.44. The van der Waals surface area contributed by atoms with Crippen molar-refractivity contribution in [1.82, 2.24) is 9.97 Å². The van der Waals surface area contributed by atoms with Crippen molar-refractivity contribution in [3.05, 3.63) is 56.9 Å². The second kappa shape index (κ2) is 6.89. The minimum Gasteiger partial charge on any atom is -0.496 e. The molecule has 116 valence electrons. The highest BCUT2D eigenvalue weighted by atomic mass is 79.9. The molecule has 3 aromatic rings. The number of aromatic nitrogens is 2. The summed E-state index contributed by atoms with van der Waals surface area (Å²) in [5.41, 5.74) is 3.36. The summed E-state index contributed by atoms with van der Waals surface area (Å²) in [6, 6.07) is 11.6. The fourth-order valence-electron chi connectivity index (χ4n) is 2.23. The summed E-state index contributed by atoms with van der Waals surface area (Å²) in [6.45, 7) is 0.628. The standard InChI is InChI=1S/C15H14BrN3O2.ClH/c1-21-14-5-2-10(16)6-9(14)8-17-11-3-4-12-13(7-11)19-15(20)18-12;/h2-7,17H,8H2,1H3,(H2,18,19,20);1H. The van der Waals surface area contributed by atoms with Crippen LogP contribution in [0.5, 0.6) is 5.75 Å². The molecule has 0 aliphatic heterocycles. The fraction of sp³-hybridized carbons (Fsp3) is 0.133. The number of imidazole rings is 1. The first-order valence-corrected chi connectivity index (χ1v) is 7.23. The quantitative estimate of drug-likeness (QED) is 0.643. The molecule has 3 rings (SSSR count). The molecule has 3 N–H and O–H groups in total. The molecule has 1 aromatic heterocycles. The van der Waals surface area contributed by atoms with Crippen molar-refractivity contribution < 1.29 is 4.74 Å². The number of ether oxygens (including phenoxy) is 1. The largest absolute Gasteiger partial charge is 0.496 e. The van der Waals surface area contributed by atoms with Crippen molar-refractivity contribution in [2.45, 2.75) is 6.54 Å². The van der Waals surface area contributed by atoms with Gasteiger partial charge in [-0.2, -0.15) is 0 Å². The van der Waals surface area contributed by atoms with Crippen molar-refractivity contribution in [2.75, 3.05) is 12.4 Å². The molecule has 0 aliphatic rings. The van der Waals surface area contributed by atoms with Crippen LogP contribution in [0, 0.1) is 0 Å². The van der Waals surface area contributed by atoms with E-state index in [1.54, 1.807) is 7.11 Å². The number of H-pyrrole nitrogens is 2. The van der Waals surface area contributed by atoms with Gasteiger partial charge in [-0.25, -0.2) is 4.79 Å². The first-order chi connectivity index (χ1) is 10.2. The fourth-order valence-corrected chi connectivity index (χ4v) is 2.63. The minimum atomic E-state index is -0.198. The number of benzene rings is 2. The summed E-state index contributed by atoms with van der Waals surface area (Å²) in [5.74, 6) is 0.835. The zero-order chi connectivity index (χ0) is 14.8. The molecule has 0 fully saturated rings. The van der Waals surface area contributed by atoms with Crippen molar-refractivity contribution in [2.24, 2.45) is 0 Å². The Labute approximate surface area is 141 Å². The monoisotopic (exact) mass is 383 g/mol. The minimum absolute atomic E-state index is 0. The van der Waals surface area contributed by atoms with Gasteiger partial charge in [0.15, 0.2) is 0 Å². The lowest BCUT2D eigenvalue weighted by molar-refractivity contribution is 0.410. The molecule has 0 bridgehead atoms. The second-order valence-electron chi connectivity index (χ2n) is 4.65. The Morgan fingerprint density at radius 3 is 2.68 bits per heavy atom. The topological polar surface area (TPSA) is 69.9 Å². The van der Waals surface area contributed by atoms with Gasteiger partial charge in [0, 0.05) is 22.3 Å². The summed E-state index contributed by atoms with van der Waals surface area (Å²) in [5, 5.41) is 3.33. The maximum absolute atomic E-state index is 11.2. The SMILES string of the molecule is COc1ccc(Br)cc1CNc1ccc2[nH]c(=O)[nH]c2c1.Cl. The van der Waals surface area contributed by atoms with E-state index in [9.17, 15) is 4.79 Å². The Morgan fingerprint density at radius 2 is 1.91 bits per heavy atom. The second-order valence-corrected chi connectivity index (χ2v) is 5.56. The van der Waals surface area contributed by atoms with E-state index in [0.29, 0.717) is 6.54 Å². The summed E-state index contributed by atoms with van der Waals surface area (Å²) >= 11 is 3.46. The molecule has 22 heavy (non-hydrogen) atoms. The molecule has 0 saturated heterocycles. The predicted molar refractivity (Wildman–Crippen MR) is 94.2 cm³/mol. The van der Waals surface area contributed by atoms with E-state index in [1.807, 2.05) is 36.4 Å². The number of methoxy groups -OCH3 is 1. The number of rotatable bonds is 4. The van der Waals surface area contributed by atoms with Gasteiger partial charge in [0.1, 0.15) is 5.75 Å². The highest BCUT2D eigenvalue weighted by Gasteiger charge is 2.05. The Kier molecular flexibility index (Phi) is 5.15. The number of halogens is 2. The Balaban J connectivity index is 0.00000176. The van der Waals surface area contributed by atoms with Crippen LogP contribution in [0.2, 0.25) is 0 Å². The molecular weight excluding hydrogens is 370 g/mol. The van der Waals surface area contributed by atoms with Crippen molar-refractivity contribution in [3.63, 3.8) is 0 Å². The third-order valence-electron chi connectivity index (χ3n) is 3.24. The Hall–Kier alpha value is -1.92. The number of aromatic amines is 2. The lowest BCUT2D eigenvalue weighted by atomic mass is 10.2. The summed E-state index contributed by atoms with van der Waals surface area (Å²) < 4.78 is 6.35. The maximum atomic E-state index is 11.2. The lowest BCUT2D eigenvalue weighted by Crippen LogP contribution is -2.01. The molecule has 0 spiro atoms. The molecule has 1 heterocycles. The molecule has 0 unspecified atom stereocenters. The van der Waals surface area contributed by atoms with Crippen molar-refractivity contribution in [1.29, 1.82) is 0 Å². The van der Waals surface area contributed by atoms with Crippen LogP contribution in [0.4, 0.5) is 5.69 Å². The van der Waals surface area contributed by atoms with Crippen molar-refractivity contribution in [3.8, 4) is 5.75 Å². The Bertz CT molecular complexity index is 844. The number of nitrogens with one attached hydrogen (secondary N) is 3. The molecule has 0 amide bonds. The van der Waals surface area contributed by atoms with Gasteiger partial charge in [0.25, 0.3) is 0 Å². The van der Waals surface area contributed by atoms with E-state index in [2.05, 4.69) is 31.2 Å². The van der Waals surface area contributed by atoms with Crippen LogP contribution in [0.25, 0.3) is 11.0 Å². The molecule has 5 nitrogen and oxygen atoms in total. The zero-order valence-corrected chi connectivity index (χ0v) is 14.2. The highest BCUT2D eigenvalue weighted by molar-refractivity contribution is 9.10. The van der Waals surface area contributed by atoms with Gasteiger partial charge < -0.3 is 20.0 Å². The first kappa shape index (κ1) is 16.5. The summed E-state index contributed by atoms with van der Waals surface area (Å²) in [4.78, 5) is 16.7. The molecule has 0 aliphatic carbocycles. The zero-order valence-electron chi connectivity index (χ0n) is 11.8. The Morgan fingerprint density at radius 1 is 1.14 bits per heavy atom. The number of fused-ring (bicyclic) bond motifs is 1. The third kappa shape index (κ3) is 3.45. The third-order valence-corrected chi connectivity index (χ3v) is 3.73. The van der Waals surface area contributed by atoms with Gasteiger partial charge in [-0.1, -0.05) is 15.9 Å². The van der Waals surface area contributed by atoms with Gasteiger partial charge in [-0.05, 0) is 36.4 Å². The lowest BCUT2D eigenvalue weighted by Gasteiger charge is -2.11. The van der Waals surface area contributed by atoms with Crippen LogP contribution in [-0.2, 0) is 6.54 Å². The summed E-state index contributed by atoms with van der Waals surface area (Å²) in [6.07, 6.45) is 0. The van der Waals surface area contributed by atoms with Gasteiger partial charge in [-0.15, -0.1) is 12.4 Å². The smallest absolute Gasteiger partial charge is 0.323 e. The summed E-state index contributed by atoms with van der Waals surface area (Å²) in [7, 11) is 1.66. The normalized spacial score (nSPS) is 10.3.